The molecule has 4 nitrogen and oxygen atoms in total. The maximum absolute atomic E-state index is 8.29. The summed E-state index contributed by atoms with van der Waals surface area (Å²) in [5, 5.41) is 16.7. The fourth-order valence-electron chi connectivity index (χ4n) is 0.552. The zero-order valence-corrected chi connectivity index (χ0v) is 5.74. The average molecular weight is 135 g/mol. The molecule has 0 aliphatic carbocycles. The molecule has 0 heterocycles. The van der Waals surface area contributed by atoms with E-state index >= 15 is 0 Å². The molecule has 2 N–H and O–H groups in total. The molecule has 0 aromatic rings. The van der Waals surface area contributed by atoms with Crippen LogP contribution in [0.5, 0.6) is 0 Å². The minimum Gasteiger partial charge on any atom is -0.380 e. The van der Waals surface area contributed by atoms with Crippen LogP contribution in [0, 0.1) is 0 Å². The smallest absolute Gasteiger partial charge is 0.0775 e. The summed E-state index contributed by atoms with van der Waals surface area (Å²) in [6.45, 7) is 2.05. The first-order valence-electron chi connectivity index (χ1n) is 2.88. The number of ether oxygens (including phenoxy) is 1. The first-order chi connectivity index (χ1) is 4.20. The molecule has 0 aromatic heterocycles. The summed E-state index contributed by atoms with van der Waals surface area (Å²) in [6, 6.07) is 0. The van der Waals surface area contributed by atoms with Gasteiger partial charge in [-0.05, 0) is 6.42 Å². The van der Waals surface area contributed by atoms with Crippen LogP contribution in [0.1, 0.15) is 13.3 Å². The predicted molar refractivity (Wildman–Crippen MR) is 31.4 cm³/mol. The van der Waals surface area contributed by atoms with Gasteiger partial charge in [-0.25, -0.2) is 0 Å². The molecule has 0 spiro atoms. The molecule has 0 bridgehead atoms. The van der Waals surface area contributed by atoms with Gasteiger partial charge in [0.05, 0.1) is 12.6 Å². The van der Waals surface area contributed by atoms with Gasteiger partial charge in [0.1, 0.15) is 0 Å². The summed E-state index contributed by atoms with van der Waals surface area (Å²) in [5.74, 6) is 0. The minimum absolute atomic E-state index is 0.0972. The van der Waals surface area contributed by atoms with Crippen molar-refractivity contribution in [1.82, 2.24) is 5.23 Å². The Kier molecular flexibility index (Phi) is 4.61. The third-order valence-electron chi connectivity index (χ3n) is 1.16. The summed E-state index contributed by atoms with van der Waals surface area (Å²) >= 11 is 0. The quantitative estimate of drug-likeness (QED) is 0.551. The molecule has 0 saturated heterocycles. The highest BCUT2D eigenvalue weighted by molar-refractivity contribution is 4.52. The minimum atomic E-state index is -0.0972. The second-order valence-corrected chi connectivity index (χ2v) is 1.82. The first kappa shape index (κ1) is 8.84. The molecule has 0 saturated carbocycles. The Morgan fingerprint density at radius 1 is 1.56 bits per heavy atom. The van der Waals surface area contributed by atoms with Crippen LogP contribution in [0.3, 0.4) is 0 Å². The second-order valence-electron chi connectivity index (χ2n) is 1.82. The van der Waals surface area contributed by atoms with Crippen molar-refractivity contribution in [1.29, 1.82) is 0 Å². The molecular weight excluding hydrogens is 122 g/mol. The van der Waals surface area contributed by atoms with Crippen LogP contribution >= 0.6 is 0 Å². The Hall–Kier alpha value is -0.160. The van der Waals surface area contributed by atoms with Gasteiger partial charge >= 0.3 is 0 Å². The predicted octanol–water partition coefficient (Wildman–Crippen LogP) is 0.492. The van der Waals surface area contributed by atoms with Gasteiger partial charge in [-0.3, -0.25) is 10.4 Å². The van der Waals surface area contributed by atoms with Crippen LogP contribution in [0.25, 0.3) is 0 Å². The van der Waals surface area contributed by atoms with E-state index in [0.29, 0.717) is 0 Å². The number of nitrogens with zero attached hydrogens (tertiary/aromatic N) is 1. The van der Waals surface area contributed by atoms with Gasteiger partial charge in [0, 0.05) is 7.11 Å². The maximum Gasteiger partial charge on any atom is 0.0775 e. The van der Waals surface area contributed by atoms with Crippen LogP contribution in [0.4, 0.5) is 0 Å². The molecule has 4 heteroatoms. The molecule has 1 atom stereocenters. The number of hydrogen-bond donors (Lipinski definition) is 2. The Morgan fingerprint density at radius 2 is 2.11 bits per heavy atom. The topological polar surface area (TPSA) is 52.9 Å². The van der Waals surface area contributed by atoms with Gasteiger partial charge in [0.15, 0.2) is 0 Å². The monoisotopic (exact) mass is 135 g/mol. The fraction of sp³-hybridized carbons (Fsp3) is 1.00. The molecule has 0 aromatic carbocycles. The zero-order chi connectivity index (χ0) is 7.28. The highest BCUT2D eigenvalue weighted by Crippen LogP contribution is 1.95. The molecule has 1 unspecified atom stereocenters. The third-order valence-corrected chi connectivity index (χ3v) is 1.16. The third kappa shape index (κ3) is 4.35. The number of methoxy groups -OCH3 is 1. The lowest BCUT2D eigenvalue weighted by Crippen LogP contribution is -2.27. The van der Waals surface area contributed by atoms with Crippen molar-refractivity contribution in [2.75, 3.05) is 13.7 Å². The highest BCUT2D eigenvalue weighted by Gasteiger charge is 2.06. The maximum atomic E-state index is 8.29. The van der Waals surface area contributed by atoms with Gasteiger partial charge in [-0.15, -0.1) is 0 Å². The van der Waals surface area contributed by atoms with E-state index < -0.39 is 0 Å². The van der Waals surface area contributed by atoms with Crippen LogP contribution in [-0.4, -0.2) is 35.4 Å². The molecular formula is C5H13NO3. The van der Waals surface area contributed by atoms with Crippen molar-refractivity contribution < 1.29 is 15.2 Å². The molecule has 56 valence electrons. The number of rotatable bonds is 4. The molecule has 0 aliphatic heterocycles. The Balaban J connectivity index is 3.31. The van der Waals surface area contributed by atoms with E-state index in [1.165, 1.54) is 7.11 Å². The average Bonchev–Trinajstić information content (AvgIpc) is 1.82. The molecule has 9 heavy (non-hydrogen) atoms. The van der Waals surface area contributed by atoms with E-state index in [-0.39, 0.29) is 17.9 Å². The molecule has 0 fully saturated rings. The summed E-state index contributed by atoms with van der Waals surface area (Å²) < 4.78 is 4.85. The number of hydroxylamine groups is 2. The fourth-order valence-corrected chi connectivity index (χ4v) is 0.552. The van der Waals surface area contributed by atoms with E-state index in [9.17, 15) is 0 Å². The zero-order valence-electron chi connectivity index (χ0n) is 5.74. The van der Waals surface area contributed by atoms with Crippen molar-refractivity contribution in [2.45, 2.75) is 19.4 Å². The van der Waals surface area contributed by atoms with E-state index in [0.717, 1.165) is 6.42 Å². The Labute approximate surface area is 54.6 Å². The largest absolute Gasteiger partial charge is 0.380 e. The summed E-state index contributed by atoms with van der Waals surface area (Å²) in [7, 11) is 1.54. The molecule has 0 radical (unpaired) electrons. The highest BCUT2D eigenvalue weighted by atomic mass is 16.8. The van der Waals surface area contributed by atoms with E-state index in [1.807, 2.05) is 6.92 Å². The van der Waals surface area contributed by atoms with Crippen molar-refractivity contribution >= 4 is 0 Å². The van der Waals surface area contributed by atoms with Crippen molar-refractivity contribution in [3.8, 4) is 0 Å². The van der Waals surface area contributed by atoms with Gasteiger partial charge in [-0.1, -0.05) is 12.2 Å². The first-order valence-corrected chi connectivity index (χ1v) is 2.88. The Bertz CT molecular complexity index is 63.2. The van der Waals surface area contributed by atoms with Gasteiger partial charge in [0.25, 0.3) is 0 Å². The normalized spacial score (nSPS) is 14.3. The summed E-state index contributed by atoms with van der Waals surface area (Å²) in [5.41, 5.74) is 0. The lowest BCUT2D eigenvalue weighted by atomic mass is 10.3. The second kappa shape index (κ2) is 4.69. The van der Waals surface area contributed by atoms with E-state index in [1.54, 1.807) is 0 Å². The lowest BCUT2D eigenvalue weighted by molar-refractivity contribution is -0.316. The van der Waals surface area contributed by atoms with Crippen LogP contribution in [0.15, 0.2) is 0 Å². The van der Waals surface area contributed by atoms with Gasteiger partial charge in [-0.2, -0.15) is 0 Å². The molecule has 0 aliphatic rings. The van der Waals surface area contributed by atoms with Crippen molar-refractivity contribution in [3.63, 3.8) is 0 Å². The standard InChI is InChI=1S/C5H13NO3/c1-3-5(9-2)4-6(7)8/h5,7-8H,3-4H2,1-2H3. The van der Waals surface area contributed by atoms with Gasteiger partial charge < -0.3 is 4.74 Å². The SMILES string of the molecule is CCC(CN(O)O)OC. The van der Waals surface area contributed by atoms with Crippen LogP contribution in [0.2, 0.25) is 0 Å². The van der Waals surface area contributed by atoms with Crippen molar-refractivity contribution in [3.05, 3.63) is 0 Å². The lowest BCUT2D eigenvalue weighted by Gasteiger charge is -2.14. The van der Waals surface area contributed by atoms with Crippen LogP contribution in [-0.2, 0) is 4.74 Å². The summed E-state index contributed by atoms with van der Waals surface area (Å²) in [6.07, 6.45) is 0.675. The summed E-state index contributed by atoms with van der Waals surface area (Å²) in [4.78, 5) is 0. The molecule has 0 rings (SSSR count). The van der Waals surface area contributed by atoms with Gasteiger partial charge in [0.2, 0.25) is 0 Å². The van der Waals surface area contributed by atoms with E-state index in [2.05, 4.69) is 0 Å². The van der Waals surface area contributed by atoms with E-state index in [4.69, 9.17) is 15.2 Å². The molecule has 0 amide bonds. The Morgan fingerprint density at radius 3 is 2.22 bits per heavy atom. The number of hydrogen-bond acceptors (Lipinski definition) is 4. The van der Waals surface area contributed by atoms with Crippen LogP contribution < -0.4 is 0 Å². The van der Waals surface area contributed by atoms with Crippen molar-refractivity contribution in [2.24, 2.45) is 0 Å².